The van der Waals surface area contributed by atoms with Crippen LogP contribution in [0.3, 0.4) is 0 Å². The Morgan fingerprint density at radius 3 is 2.25 bits per heavy atom. The van der Waals surface area contributed by atoms with Crippen LogP contribution in [0.1, 0.15) is 5.56 Å². The Bertz CT molecular complexity index is 732. The second kappa shape index (κ2) is 6.33. The van der Waals surface area contributed by atoms with Crippen molar-refractivity contribution in [3.63, 3.8) is 0 Å². The van der Waals surface area contributed by atoms with Crippen molar-refractivity contribution >= 4 is 44.8 Å². The molecule has 20 heavy (non-hydrogen) atoms. The van der Waals surface area contributed by atoms with Crippen LogP contribution < -0.4 is 4.72 Å². The van der Waals surface area contributed by atoms with E-state index in [-0.39, 0.29) is 21.5 Å². The highest BCUT2D eigenvalue weighted by Crippen LogP contribution is 2.29. The summed E-state index contributed by atoms with van der Waals surface area (Å²) in [4.78, 5) is -0.0567. The fourth-order valence-corrected chi connectivity index (χ4v) is 3.55. The highest BCUT2D eigenvalue weighted by atomic mass is 35.5. The number of sulfonamides is 1. The van der Waals surface area contributed by atoms with Crippen LogP contribution in [-0.2, 0) is 16.6 Å². The summed E-state index contributed by atoms with van der Waals surface area (Å²) in [6, 6.07) is 11.4. The number of hydrogen-bond donors (Lipinski definition) is 1. The lowest BCUT2D eigenvalue weighted by Crippen LogP contribution is -2.23. The molecule has 0 aromatic heterocycles. The highest BCUT2D eigenvalue weighted by Gasteiger charge is 2.19. The number of halogens is 3. The van der Waals surface area contributed by atoms with Gasteiger partial charge in [-0.15, -0.1) is 0 Å². The van der Waals surface area contributed by atoms with Crippen molar-refractivity contribution in [3.05, 3.63) is 63.1 Å². The van der Waals surface area contributed by atoms with Gasteiger partial charge in [-0.05, 0) is 23.8 Å². The molecule has 0 radical (unpaired) electrons. The summed E-state index contributed by atoms with van der Waals surface area (Å²) < 4.78 is 26.8. The van der Waals surface area contributed by atoms with Crippen molar-refractivity contribution in [1.29, 1.82) is 0 Å². The average molecular weight is 351 g/mol. The van der Waals surface area contributed by atoms with E-state index in [1.54, 1.807) is 24.3 Å². The molecule has 2 rings (SSSR count). The van der Waals surface area contributed by atoms with Crippen molar-refractivity contribution in [2.45, 2.75) is 11.4 Å². The molecule has 0 heterocycles. The van der Waals surface area contributed by atoms with Gasteiger partial charge in [0, 0.05) is 11.6 Å². The molecule has 0 bridgehead atoms. The van der Waals surface area contributed by atoms with Gasteiger partial charge in [0.05, 0.1) is 10.0 Å². The highest BCUT2D eigenvalue weighted by molar-refractivity contribution is 7.89. The molecule has 106 valence electrons. The van der Waals surface area contributed by atoms with E-state index in [2.05, 4.69) is 4.72 Å². The molecule has 0 aliphatic carbocycles. The van der Waals surface area contributed by atoms with Crippen LogP contribution in [0, 0.1) is 0 Å². The maximum Gasteiger partial charge on any atom is 0.242 e. The Morgan fingerprint density at radius 2 is 1.55 bits per heavy atom. The lowest BCUT2D eigenvalue weighted by molar-refractivity contribution is 0.581. The Hall–Kier alpha value is -0.780. The van der Waals surface area contributed by atoms with E-state index >= 15 is 0 Å². The summed E-state index contributed by atoms with van der Waals surface area (Å²) in [6.07, 6.45) is 0. The van der Waals surface area contributed by atoms with E-state index in [4.69, 9.17) is 34.8 Å². The van der Waals surface area contributed by atoms with Gasteiger partial charge in [-0.1, -0.05) is 59.1 Å². The molecule has 3 nitrogen and oxygen atoms in total. The third kappa shape index (κ3) is 3.45. The Labute approximate surface area is 132 Å². The van der Waals surface area contributed by atoms with E-state index in [0.29, 0.717) is 10.6 Å². The minimum absolute atomic E-state index is 0.000764. The second-order valence-corrected chi connectivity index (χ2v) is 6.90. The first kappa shape index (κ1) is 15.6. The molecule has 0 amide bonds. The first-order valence-electron chi connectivity index (χ1n) is 5.59. The van der Waals surface area contributed by atoms with Gasteiger partial charge < -0.3 is 0 Å². The smallest absolute Gasteiger partial charge is 0.207 e. The molecule has 7 heteroatoms. The van der Waals surface area contributed by atoms with Gasteiger partial charge in [-0.3, -0.25) is 0 Å². The third-order valence-corrected chi connectivity index (χ3v) is 5.36. The Balaban J connectivity index is 2.24. The maximum atomic E-state index is 12.2. The molecule has 2 aromatic carbocycles. The number of hydrogen-bond acceptors (Lipinski definition) is 2. The summed E-state index contributed by atoms with van der Waals surface area (Å²) in [5.74, 6) is 0. The molecule has 2 aromatic rings. The molecule has 1 N–H and O–H groups in total. The van der Waals surface area contributed by atoms with E-state index in [1.807, 2.05) is 0 Å². The van der Waals surface area contributed by atoms with Crippen LogP contribution in [0.5, 0.6) is 0 Å². The summed E-state index contributed by atoms with van der Waals surface area (Å²) in [7, 11) is -3.75. The molecule has 0 aliphatic heterocycles. The standard InChI is InChI=1S/C13H10Cl3NO2S/c14-10-5-2-1-4-9(10)8-17-20(18,19)12-7-3-6-11(15)13(12)16/h1-7,17H,8H2. The fraction of sp³-hybridized carbons (Fsp3) is 0.0769. The molecule has 0 atom stereocenters. The Morgan fingerprint density at radius 1 is 0.900 bits per heavy atom. The van der Waals surface area contributed by atoms with Crippen molar-refractivity contribution in [2.24, 2.45) is 0 Å². The van der Waals surface area contributed by atoms with Gasteiger partial charge in [0.15, 0.2) is 0 Å². The molecular formula is C13H10Cl3NO2S. The zero-order valence-corrected chi connectivity index (χ0v) is 13.2. The normalized spacial score (nSPS) is 11.6. The van der Waals surface area contributed by atoms with Gasteiger partial charge >= 0.3 is 0 Å². The SMILES string of the molecule is O=S(=O)(NCc1ccccc1Cl)c1cccc(Cl)c1Cl. The van der Waals surface area contributed by atoms with Crippen molar-refractivity contribution in [3.8, 4) is 0 Å². The molecule has 0 aliphatic rings. The van der Waals surface area contributed by atoms with Crippen molar-refractivity contribution in [2.75, 3.05) is 0 Å². The third-order valence-electron chi connectivity index (χ3n) is 2.62. The van der Waals surface area contributed by atoms with Crippen LogP contribution in [-0.4, -0.2) is 8.42 Å². The quantitative estimate of drug-likeness (QED) is 0.901. The second-order valence-electron chi connectivity index (χ2n) is 3.97. The maximum absolute atomic E-state index is 12.2. The van der Waals surface area contributed by atoms with Crippen LogP contribution >= 0.6 is 34.8 Å². The molecule has 0 fully saturated rings. The summed E-state index contributed by atoms with van der Waals surface area (Å²) in [5, 5.41) is 0.681. The predicted molar refractivity (Wildman–Crippen MR) is 81.9 cm³/mol. The number of rotatable bonds is 4. The zero-order valence-electron chi connectivity index (χ0n) is 10.1. The van der Waals surface area contributed by atoms with E-state index < -0.39 is 10.0 Å². The Kier molecular flexibility index (Phi) is 4.94. The molecule has 0 unspecified atom stereocenters. The van der Waals surface area contributed by atoms with E-state index in [9.17, 15) is 8.42 Å². The van der Waals surface area contributed by atoms with Crippen molar-refractivity contribution in [1.82, 2.24) is 4.72 Å². The first-order valence-corrected chi connectivity index (χ1v) is 8.20. The molecular weight excluding hydrogens is 341 g/mol. The van der Waals surface area contributed by atoms with Crippen LogP contribution in [0.25, 0.3) is 0 Å². The average Bonchev–Trinajstić information content (AvgIpc) is 2.41. The minimum Gasteiger partial charge on any atom is -0.207 e. The summed E-state index contributed by atoms with van der Waals surface area (Å²) in [6.45, 7) is 0.0743. The molecule has 0 spiro atoms. The van der Waals surface area contributed by atoms with Gasteiger partial charge in [-0.2, -0.15) is 0 Å². The first-order chi connectivity index (χ1) is 9.42. The predicted octanol–water partition coefficient (Wildman–Crippen LogP) is 4.13. The fourth-order valence-electron chi connectivity index (χ4n) is 1.58. The van der Waals surface area contributed by atoms with Gasteiger partial charge in [0.2, 0.25) is 10.0 Å². The van der Waals surface area contributed by atoms with Crippen molar-refractivity contribution < 1.29 is 8.42 Å². The van der Waals surface area contributed by atoms with Gasteiger partial charge in [0.1, 0.15) is 4.90 Å². The summed E-state index contributed by atoms with van der Waals surface area (Å²) in [5.41, 5.74) is 0.677. The zero-order chi connectivity index (χ0) is 14.8. The largest absolute Gasteiger partial charge is 0.242 e. The lowest BCUT2D eigenvalue weighted by atomic mass is 10.2. The number of nitrogens with one attached hydrogen (secondary N) is 1. The molecule has 0 saturated carbocycles. The monoisotopic (exact) mass is 349 g/mol. The van der Waals surface area contributed by atoms with E-state index in [0.717, 1.165) is 0 Å². The molecule has 0 saturated heterocycles. The minimum atomic E-state index is -3.75. The van der Waals surface area contributed by atoms with Crippen LogP contribution in [0.15, 0.2) is 47.4 Å². The van der Waals surface area contributed by atoms with E-state index in [1.165, 1.54) is 18.2 Å². The number of benzene rings is 2. The topological polar surface area (TPSA) is 46.2 Å². The van der Waals surface area contributed by atoms with Gasteiger partial charge in [0.25, 0.3) is 0 Å². The summed E-state index contributed by atoms with van der Waals surface area (Å²) >= 11 is 17.7. The van der Waals surface area contributed by atoms with Gasteiger partial charge in [-0.25, -0.2) is 13.1 Å². The van der Waals surface area contributed by atoms with Crippen LogP contribution in [0.2, 0.25) is 15.1 Å². The lowest BCUT2D eigenvalue weighted by Gasteiger charge is -2.10. The van der Waals surface area contributed by atoms with Crippen LogP contribution in [0.4, 0.5) is 0 Å².